The predicted octanol–water partition coefficient (Wildman–Crippen LogP) is 5.47. The van der Waals surface area contributed by atoms with Gasteiger partial charge in [0.25, 0.3) is 5.56 Å². The smallest absolute Gasteiger partial charge is 0.263 e. The molecule has 0 bridgehead atoms. The molecular weight excluding hydrogens is 458 g/mol. The molecule has 1 amide bonds. The van der Waals surface area contributed by atoms with Crippen molar-refractivity contribution in [3.63, 3.8) is 0 Å². The molecule has 0 saturated heterocycles. The Bertz CT molecular complexity index is 1360. The maximum atomic E-state index is 13.5. The van der Waals surface area contributed by atoms with Gasteiger partial charge in [-0.1, -0.05) is 42.8 Å². The number of fused-ring (bicyclic) bond motifs is 1. The van der Waals surface area contributed by atoms with Crippen LogP contribution in [-0.2, 0) is 17.6 Å². The molecule has 0 aliphatic carbocycles. The van der Waals surface area contributed by atoms with Crippen LogP contribution < -0.4 is 15.6 Å². The van der Waals surface area contributed by atoms with Gasteiger partial charge >= 0.3 is 0 Å². The number of anilines is 1. The van der Waals surface area contributed by atoms with Crippen molar-refractivity contribution in [2.45, 2.75) is 32.7 Å². The average Bonchev–Trinajstić information content (AvgIpc) is 3.24. The van der Waals surface area contributed by atoms with Crippen LogP contribution in [0.4, 0.5) is 5.69 Å². The Kier molecular flexibility index (Phi) is 6.81. The molecule has 2 aromatic heterocycles. The van der Waals surface area contributed by atoms with Crippen LogP contribution in [0, 0.1) is 0 Å². The Morgan fingerprint density at radius 1 is 1.21 bits per heavy atom. The number of nitrogens with one attached hydrogen (secondary N) is 1. The first-order valence-corrected chi connectivity index (χ1v) is 11.8. The van der Waals surface area contributed by atoms with Gasteiger partial charge in [-0.15, -0.1) is 11.3 Å². The number of ether oxygens (including phenoxy) is 1. The maximum absolute atomic E-state index is 13.5. The largest absolute Gasteiger partial charge is 0.497 e. The third kappa shape index (κ3) is 4.79. The second-order valence-corrected chi connectivity index (χ2v) is 9.18. The molecule has 0 unspecified atom stereocenters. The van der Waals surface area contributed by atoms with E-state index in [9.17, 15) is 9.59 Å². The van der Waals surface area contributed by atoms with E-state index < -0.39 is 6.04 Å². The number of nitrogens with zero attached hydrogens (tertiary/aromatic N) is 2. The topological polar surface area (TPSA) is 73.2 Å². The number of thiophene rings is 1. The second-order valence-electron chi connectivity index (χ2n) is 7.66. The van der Waals surface area contributed by atoms with Crippen LogP contribution in [-0.4, -0.2) is 22.6 Å². The molecule has 0 aliphatic heterocycles. The van der Waals surface area contributed by atoms with E-state index in [4.69, 9.17) is 21.3 Å². The number of carbonyl (C=O) groups excluding carboxylic acids is 1. The Balaban J connectivity index is 1.77. The zero-order chi connectivity index (χ0) is 23.5. The molecule has 0 aliphatic rings. The molecular formula is C25H24ClN3O3S. The molecule has 8 heteroatoms. The average molecular weight is 482 g/mol. The van der Waals surface area contributed by atoms with E-state index in [1.165, 1.54) is 15.9 Å². The minimum absolute atomic E-state index is 0.221. The highest BCUT2D eigenvalue weighted by Gasteiger charge is 2.23. The van der Waals surface area contributed by atoms with E-state index in [2.05, 4.69) is 5.32 Å². The third-order valence-corrected chi connectivity index (χ3v) is 6.99. The van der Waals surface area contributed by atoms with Gasteiger partial charge in [0.2, 0.25) is 5.91 Å². The Labute approximate surface area is 200 Å². The fourth-order valence-electron chi connectivity index (χ4n) is 3.63. The fourth-order valence-corrected chi connectivity index (χ4v) is 4.79. The Hall–Kier alpha value is -3.16. The molecule has 4 aromatic rings. The quantitative estimate of drug-likeness (QED) is 0.379. The molecule has 33 heavy (non-hydrogen) atoms. The highest BCUT2D eigenvalue weighted by atomic mass is 35.5. The van der Waals surface area contributed by atoms with Crippen LogP contribution in [0.25, 0.3) is 10.2 Å². The summed E-state index contributed by atoms with van der Waals surface area (Å²) in [5.41, 5.74) is 1.24. The number of rotatable bonds is 7. The monoisotopic (exact) mass is 481 g/mol. The van der Waals surface area contributed by atoms with Gasteiger partial charge in [-0.25, -0.2) is 4.98 Å². The number of hydrogen-bond donors (Lipinski definition) is 1. The molecule has 170 valence electrons. The number of aryl methyl sites for hydroxylation is 1. The number of methoxy groups -OCH3 is 1. The summed E-state index contributed by atoms with van der Waals surface area (Å²) in [7, 11) is 1.61. The number of hydrogen-bond acceptors (Lipinski definition) is 5. The van der Waals surface area contributed by atoms with Gasteiger partial charge in [-0.3, -0.25) is 14.2 Å². The molecule has 0 spiro atoms. The van der Waals surface area contributed by atoms with E-state index in [0.717, 1.165) is 22.6 Å². The van der Waals surface area contributed by atoms with Gasteiger partial charge < -0.3 is 10.1 Å². The zero-order valence-electron chi connectivity index (χ0n) is 18.6. The first-order chi connectivity index (χ1) is 15.9. The van der Waals surface area contributed by atoms with Crippen molar-refractivity contribution in [1.82, 2.24) is 9.55 Å². The van der Waals surface area contributed by atoms with Crippen LogP contribution in [0.1, 0.15) is 36.2 Å². The van der Waals surface area contributed by atoms with Crippen molar-refractivity contribution in [2.24, 2.45) is 0 Å². The van der Waals surface area contributed by atoms with E-state index in [1.807, 2.05) is 37.3 Å². The van der Waals surface area contributed by atoms with E-state index >= 15 is 0 Å². The fraction of sp³-hybridized carbons (Fsp3) is 0.240. The first-order valence-electron chi connectivity index (χ1n) is 10.6. The standard InChI is InChI=1S/C25H24ClN3O3S/c1-4-18-14-19-24(33-18)28-22(13-16-9-11-17(32-3)12-10-16)29(25(19)31)15(2)23(30)27-21-8-6-5-7-20(21)26/h5-12,14-15H,4,13H2,1-3H3,(H,27,30)/t15-/m0/s1. The normalized spacial score (nSPS) is 12.0. The highest BCUT2D eigenvalue weighted by Crippen LogP contribution is 2.26. The molecule has 1 N–H and O–H groups in total. The van der Waals surface area contributed by atoms with Crippen LogP contribution in [0.2, 0.25) is 5.02 Å². The maximum Gasteiger partial charge on any atom is 0.263 e. The van der Waals surface area contributed by atoms with Gasteiger partial charge in [-0.2, -0.15) is 0 Å². The van der Waals surface area contributed by atoms with Crippen LogP contribution in [0.15, 0.2) is 59.4 Å². The third-order valence-electron chi connectivity index (χ3n) is 5.49. The van der Waals surface area contributed by atoms with Gasteiger partial charge in [0.15, 0.2) is 0 Å². The van der Waals surface area contributed by atoms with Crippen molar-refractivity contribution in [3.05, 3.63) is 86.2 Å². The molecule has 2 heterocycles. The van der Waals surface area contributed by atoms with E-state index in [0.29, 0.717) is 33.2 Å². The van der Waals surface area contributed by atoms with Crippen LogP contribution >= 0.6 is 22.9 Å². The summed E-state index contributed by atoms with van der Waals surface area (Å²) in [6, 6.07) is 15.7. The molecule has 6 nitrogen and oxygen atoms in total. The predicted molar refractivity (Wildman–Crippen MR) is 134 cm³/mol. The number of aromatic nitrogens is 2. The lowest BCUT2D eigenvalue weighted by molar-refractivity contribution is -0.118. The van der Waals surface area contributed by atoms with Crippen LogP contribution in [0.5, 0.6) is 5.75 Å². The second kappa shape index (κ2) is 9.77. The van der Waals surface area contributed by atoms with Crippen molar-refractivity contribution < 1.29 is 9.53 Å². The van der Waals surface area contributed by atoms with Gasteiger partial charge in [0.1, 0.15) is 22.4 Å². The summed E-state index contributed by atoms with van der Waals surface area (Å²) < 4.78 is 6.73. The van der Waals surface area contributed by atoms with Crippen molar-refractivity contribution >= 4 is 44.7 Å². The SMILES string of the molecule is CCc1cc2c(=O)n([C@@H](C)C(=O)Nc3ccccc3Cl)c(Cc3ccc(OC)cc3)nc2s1. The molecule has 0 fully saturated rings. The molecule has 1 atom stereocenters. The summed E-state index contributed by atoms with van der Waals surface area (Å²) >= 11 is 7.72. The lowest BCUT2D eigenvalue weighted by Crippen LogP contribution is -2.34. The van der Waals surface area contributed by atoms with E-state index in [1.54, 1.807) is 38.3 Å². The zero-order valence-corrected chi connectivity index (χ0v) is 20.2. The summed E-state index contributed by atoms with van der Waals surface area (Å²) in [4.78, 5) is 33.3. The van der Waals surface area contributed by atoms with Crippen LogP contribution in [0.3, 0.4) is 0 Å². The summed E-state index contributed by atoms with van der Waals surface area (Å²) in [5, 5.41) is 3.80. The van der Waals surface area contributed by atoms with Gasteiger partial charge in [0, 0.05) is 11.3 Å². The Morgan fingerprint density at radius 2 is 1.94 bits per heavy atom. The highest BCUT2D eigenvalue weighted by molar-refractivity contribution is 7.18. The molecule has 4 rings (SSSR count). The van der Waals surface area contributed by atoms with Gasteiger partial charge in [0.05, 0.1) is 23.2 Å². The number of amides is 1. The first kappa shape index (κ1) is 23.0. The number of carbonyl (C=O) groups is 1. The van der Waals surface area contributed by atoms with Gasteiger partial charge in [-0.05, 0) is 49.2 Å². The van der Waals surface area contributed by atoms with E-state index in [-0.39, 0.29) is 11.5 Å². The lowest BCUT2D eigenvalue weighted by atomic mass is 10.1. The summed E-state index contributed by atoms with van der Waals surface area (Å²) in [6.45, 7) is 3.74. The summed E-state index contributed by atoms with van der Waals surface area (Å²) in [5.74, 6) is 0.940. The number of benzene rings is 2. The summed E-state index contributed by atoms with van der Waals surface area (Å²) in [6.07, 6.45) is 1.22. The number of halogens is 1. The minimum atomic E-state index is -0.788. The Morgan fingerprint density at radius 3 is 2.61 bits per heavy atom. The van der Waals surface area contributed by atoms with Crippen molar-refractivity contribution in [1.29, 1.82) is 0 Å². The lowest BCUT2D eigenvalue weighted by Gasteiger charge is -2.19. The molecule has 2 aromatic carbocycles. The molecule has 0 saturated carbocycles. The van der Waals surface area contributed by atoms with Crippen molar-refractivity contribution in [3.8, 4) is 5.75 Å². The molecule has 0 radical (unpaired) electrons. The number of para-hydroxylation sites is 1. The minimum Gasteiger partial charge on any atom is -0.497 e. The van der Waals surface area contributed by atoms with Crippen molar-refractivity contribution in [2.75, 3.05) is 12.4 Å².